The molecule has 0 unspecified atom stereocenters. The van der Waals surface area contributed by atoms with Gasteiger partial charge in [-0.05, 0) is 41.8 Å². The van der Waals surface area contributed by atoms with Gasteiger partial charge < -0.3 is 15.5 Å². The third kappa shape index (κ3) is 4.39. The van der Waals surface area contributed by atoms with Crippen LogP contribution in [0.3, 0.4) is 0 Å². The Bertz CT molecular complexity index is 881. The number of fused-ring (bicyclic) bond motifs is 1. The number of halogens is 3. The van der Waals surface area contributed by atoms with Crippen molar-refractivity contribution in [3.05, 3.63) is 59.2 Å². The van der Waals surface area contributed by atoms with Crippen LogP contribution in [0.5, 0.6) is 0 Å². The fourth-order valence-corrected chi connectivity index (χ4v) is 3.03. The van der Waals surface area contributed by atoms with Gasteiger partial charge in [-0.3, -0.25) is 4.79 Å². The highest BCUT2D eigenvalue weighted by Crippen LogP contribution is 2.34. The van der Waals surface area contributed by atoms with E-state index in [1.165, 1.54) is 25.1 Å². The number of para-hydroxylation sites is 1. The van der Waals surface area contributed by atoms with Crippen molar-refractivity contribution in [3.63, 3.8) is 0 Å². The summed E-state index contributed by atoms with van der Waals surface area (Å²) in [5.41, 5.74) is 1.21. The van der Waals surface area contributed by atoms with Gasteiger partial charge in [0, 0.05) is 25.7 Å². The molecule has 2 aromatic rings. The molecule has 0 saturated heterocycles. The zero-order chi connectivity index (χ0) is 19.6. The molecule has 0 saturated carbocycles. The Morgan fingerprint density at radius 1 is 1.04 bits per heavy atom. The molecule has 0 aromatic heterocycles. The van der Waals surface area contributed by atoms with E-state index in [4.69, 9.17) is 0 Å². The number of hydrogen-bond donors (Lipinski definition) is 2. The van der Waals surface area contributed by atoms with E-state index in [2.05, 4.69) is 10.6 Å². The summed E-state index contributed by atoms with van der Waals surface area (Å²) in [6.45, 7) is 2.58. The molecule has 5 nitrogen and oxygen atoms in total. The molecule has 27 heavy (non-hydrogen) atoms. The van der Waals surface area contributed by atoms with Crippen LogP contribution in [0.2, 0.25) is 0 Å². The average Bonchev–Trinajstić information content (AvgIpc) is 2.60. The number of nitrogens with zero attached hydrogens (tertiary/aromatic N) is 1. The Morgan fingerprint density at radius 3 is 2.48 bits per heavy atom. The van der Waals surface area contributed by atoms with Gasteiger partial charge >= 0.3 is 12.2 Å². The van der Waals surface area contributed by atoms with Crippen LogP contribution in [0, 0.1) is 0 Å². The van der Waals surface area contributed by atoms with E-state index >= 15 is 0 Å². The fourth-order valence-electron chi connectivity index (χ4n) is 3.03. The molecule has 1 heterocycles. The first-order valence-electron chi connectivity index (χ1n) is 8.35. The van der Waals surface area contributed by atoms with Crippen LogP contribution in [0.25, 0.3) is 0 Å². The van der Waals surface area contributed by atoms with Gasteiger partial charge in [-0.25, -0.2) is 4.79 Å². The molecule has 3 rings (SSSR count). The summed E-state index contributed by atoms with van der Waals surface area (Å²) in [4.78, 5) is 25.4. The molecule has 0 fully saturated rings. The first-order valence-corrected chi connectivity index (χ1v) is 8.35. The van der Waals surface area contributed by atoms with Crippen LogP contribution in [0.15, 0.2) is 42.5 Å². The summed E-state index contributed by atoms with van der Waals surface area (Å²) in [5.74, 6) is -0.0273. The molecular formula is C19H18F3N3O2. The van der Waals surface area contributed by atoms with Crippen molar-refractivity contribution in [2.24, 2.45) is 0 Å². The van der Waals surface area contributed by atoms with Gasteiger partial charge in [-0.2, -0.15) is 13.2 Å². The normalized spacial score (nSPS) is 13.7. The van der Waals surface area contributed by atoms with Crippen molar-refractivity contribution in [1.82, 2.24) is 4.90 Å². The SMILES string of the molecule is CC(=O)N1CCc2ccc(NC(=O)Nc3ccccc3C(F)(F)F)cc2C1. The summed E-state index contributed by atoms with van der Waals surface area (Å²) < 4.78 is 39.0. The van der Waals surface area contributed by atoms with Gasteiger partial charge in [0.15, 0.2) is 0 Å². The van der Waals surface area contributed by atoms with Crippen LogP contribution < -0.4 is 10.6 Å². The van der Waals surface area contributed by atoms with Crippen LogP contribution in [0.4, 0.5) is 29.3 Å². The van der Waals surface area contributed by atoms with Crippen molar-refractivity contribution in [3.8, 4) is 0 Å². The molecule has 142 valence electrons. The topological polar surface area (TPSA) is 61.4 Å². The molecule has 8 heteroatoms. The van der Waals surface area contributed by atoms with E-state index in [1.807, 2.05) is 6.07 Å². The zero-order valence-electron chi connectivity index (χ0n) is 14.6. The predicted octanol–water partition coefficient (Wildman–Crippen LogP) is 4.25. The van der Waals surface area contributed by atoms with Crippen LogP contribution in [0.1, 0.15) is 23.6 Å². The zero-order valence-corrected chi connectivity index (χ0v) is 14.6. The lowest BCUT2D eigenvalue weighted by Crippen LogP contribution is -2.34. The van der Waals surface area contributed by atoms with Crippen molar-refractivity contribution < 1.29 is 22.8 Å². The minimum Gasteiger partial charge on any atom is -0.338 e. The summed E-state index contributed by atoms with van der Waals surface area (Å²) in [6.07, 6.45) is -3.84. The highest BCUT2D eigenvalue weighted by molar-refractivity contribution is 6.00. The average molecular weight is 377 g/mol. The first-order chi connectivity index (χ1) is 12.7. The Hall–Kier alpha value is -3.03. The Kier molecular flexibility index (Phi) is 5.07. The maximum Gasteiger partial charge on any atom is 0.418 e. The minimum absolute atomic E-state index is 0.0273. The summed E-state index contributed by atoms with van der Waals surface area (Å²) in [6, 6.07) is 9.29. The minimum atomic E-state index is -4.56. The van der Waals surface area contributed by atoms with Crippen LogP contribution in [-0.4, -0.2) is 23.4 Å². The Morgan fingerprint density at radius 2 is 1.78 bits per heavy atom. The third-order valence-electron chi connectivity index (χ3n) is 4.40. The van der Waals surface area contributed by atoms with E-state index in [-0.39, 0.29) is 11.6 Å². The molecule has 0 atom stereocenters. The quantitative estimate of drug-likeness (QED) is 0.822. The van der Waals surface area contributed by atoms with E-state index in [0.717, 1.165) is 23.6 Å². The maximum atomic E-state index is 13.0. The van der Waals surface area contributed by atoms with Crippen molar-refractivity contribution >= 4 is 23.3 Å². The van der Waals surface area contributed by atoms with E-state index < -0.39 is 17.8 Å². The van der Waals surface area contributed by atoms with Gasteiger partial charge in [0.05, 0.1) is 11.3 Å². The number of amides is 3. The lowest BCUT2D eigenvalue weighted by molar-refractivity contribution is -0.137. The molecule has 3 amide bonds. The molecule has 0 spiro atoms. The Balaban J connectivity index is 1.73. The van der Waals surface area contributed by atoms with Gasteiger partial charge in [0.25, 0.3) is 0 Å². The highest BCUT2D eigenvalue weighted by Gasteiger charge is 2.33. The van der Waals surface area contributed by atoms with E-state index in [1.54, 1.807) is 17.0 Å². The number of urea groups is 1. The number of rotatable bonds is 2. The second-order valence-electron chi connectivity index (χ2n) is 6.30. The van der Waals surface area contributed by atoms with Crippen molar-refractivity contribution in [2.45, 2.75) is 26.1 Å². The van der Waals surface area contributed by atoms with Gasteiger partial charge in [0.2, 0.25) is 5.91 Å². The first kappa shape index (κ1) is 18.8. The second-order valence-corrected chi connectivity index (χ2v) is 6.30. The molecule has 1 aliphatic heterocycles. The molecule has 0 aliphatic carbocycles. The molecular weight excluding hydrogens is 359 g/mol. The molecule has 0 bridgehead atoms. The van der Waals surface area contributed by atoms with E-state index in [9.17, 15) is 22.8 Å². The molecule has 1 aliphatic rings. The number of anilines is 2. The summed E-state index contributed by atoms with van der Waals surface area (Å²) in [5, 5.41) is 4.78. The molecule has 2 N–H and O–H groups in total. The van der Waals surface area contributed by atoms with Gasteiger partial charge in [-0.15, -0.1) is 0 Å². The van der Waals surface area contributed by atoms with Gasteiger partial charge in [-0.1, -0.05) is 18.2 Å². The standard InChI is InChI=1S/C19H18F3N3O2/c1-12(26)25-9-8-13-6-7-15(10-14(13)11-25)23-18(27)24-17-5-3-2-4-16(17)19(20,21)22/h2-7,10H,8-9,11H2,1H3,(H2,23,24,27). The molecule has 2 aromatic carbocycles. The molecule has 0 radical (unpaired) electrons. The maximum absolute atomic E-state index is 13.0. The monoisotopic (exact) mass is 377 g/mol. The number of alkyl halides is 3. The number of carbonyl (C=O) groups is 2. The smallest absolute Gasteiger partial charge is 0.338 e. The highest BCUT2D eigenvalue weighted by atomic mass is 19.4. The van der Waals surface area contributed by atoms with Gasteiger partial charge in [0.1, 0.15) is 0 Å². The predicted molar refractivity (Wildman–Crippen MR) is 95.3 cm³/mol. The third-order valence-corrected chi connectivity index (χ3v) is 4.40. The lowest BCUT2D eigenvalue weighted by atomic mass is 9.99. The van der Waals surface area contributed by atoms with Crippen molar-refractivity contribution in [2.75, 3.05) is 17.2 Å². The van der Waals surface area contributed by atoms with Crippen LogP contribution >= 0.6 is 0 Å². The Labute approximate surface area is 154 Å². The summed E-state index contributed by atoms with van der Waals surface area (Å²) >= 11 is 0. The van der Waals surface area contributed by atoms with E-state index in [0.29, 0.717) is 18.8 Å². The number of benzene rings is 2. The van der Waals surface area contributed by atoms with Crippen molar-refractivity contribution in [1.29, 1.82) is 0 Å². The number of carbonyl (C=O) groups excluding carboxylic acids is 2. The summed E-state index contributed by atoms with van der Waals surface area (Å²) in [7, 11) is 0. The lowest BCUT2D eigenvalue weighted by Gasteiger charge is -2.28. The second kappa shape index (κ2) is 7.30. The number of hydrogen-bond acceptors (Lipinski definition) is 2. The van der Waals surface area contributed by atoms with Crippen LogP contribution in [-0.2, 0) is 23.9 Å². The number of nitrogens with one attached hydrogen (secondary N) is 2. The largest absolute Gasteiger partial charge is 0.418 e. The fraction of sp³-hybridized carbons (Fsp3) is 0.263.